The molecular formula is C13H28O5S. The Morgan fingerprint density at radius 3 is 2.05 bits per heavy atom. The van der Waals surface area contributed by atoms with Crippen LogP contribution in [0.25, 0.3) is 0 Å². The summed E-state index contributed by atoms with van der Waals surface area (Å²) in [5.74, 6) is 0. The molecule has 0 aromatic carbocycles. The molecule has 0 radical (unpaired) electrons. The van der Waals surface area contributed by atoms with Crippen LogP contribution in [0.1, 0.15) is 71.6 Å². The third-order valence-corrected chi connectivity index (χ3v) is 3.26. The Kier molecular flexibility index (Phi) is 11.5. The molecule has 0 aliphatic carbocycles. The van der Waals surface area contributed by atoms with Crippen LogP contribution >= 0.6 is 0 Å². The van der Waals surface area contributed by atoms with Crippen molar-refractivity contribution in [2.45, 2.75) is 77.9 Å². The van der Waals surface area contributed by atoms with E-state index in [0.29, 0.717) is 13.0 Å². The first-order valence-electron chi connectivity index (χ1n) is 7.27. The van der Waals surface area contributed by atoms with Crippen molar-refractivity contribution in [2.24, 2.45) is 0 Å². The average molecular weight is 296 g/mol. The van der Waals surface area contributed by atoms with Crippen molar-refractivity contribution in [2.75, 3.05) is 6.61 Å². The molecular weight excluding hydrogens is 268 g/mol. The molecule has 0 aliphatic rings. The maximum absolute atomic E-state index is 10.6. The molecule has 116 valence electrons. The van der Waals surface area contributed by atoms with Crippen LogP contribution < -0.4 is 0 Å². The fourth-order valence-electron chi connectivity index (χ4n) is 1.80. The van der Waals surface area contributed by atoms with E-state index >= 15 is 0 Å². The lowest BCUT2D eigenvalue weighted by atomic mass is 10.1. The Morgan fingerprint density at radius 1 is 0.947 bits per heavy atom. The summed E-state index contributed by atoms with van der Waals surface area (Å²) in [6.07, 6.45) is 8.53. The lowest BCUT2D eigenvalue weighted by Gasteiger charge is -2.15. The molecule has 0 saturated heterocycles. The largest absolute Gasteiger partial charge is 0.399 e. The zero-order chi connectivity index (χ0) is 14.6. The molecule has 0 aromatic heterocycles. The van der Waals surface area contributed by atoms with Gasteiger partial charge in [0.25, 0.3) is 0 Å². The van der Waals surface area contributed by atoms with Crippen LogP contribution in [-0.4, -0.2) is 25.9 Å². The maximum atomic E-state index is 10.6. The molecule has 0 spiro atoms. The van der Waals surface area contributed by atoms with Gasteiger partial charge in [0.1, 0.15) is 0 Å². The van der Waals surface area contributed by atoms with Gasteiger partial charge in [0.05, 0.1) is 0 Å². The lowest BCUT2D eigenvalue weighted by molar-refractivity contribution is -0.0867. The van der Waals surface area contributed by atoms with Gasteiger partial charge in [-0.15, -0.1) is 0 Å². The first-order valence-corrected chi connectivity index (χ1v) is 8.63. The van der Waals surface area contributed by atoms with Crippen molar-refractivity contribution in [1.82, 2.24) is 0 Å². The molecule has 6 heteroatoms. The Balaban J connectivity index is 3.59. The maximum Gasteiger partial charge on any atom is 0.399 e. The van der Waals surface area contributed by atoms with E-state index in [4.69, 9.17) is 9.29 Å². The SMILES string of the molecule is CCCCCCCCCOC(CCC)OS(=O)(=O)O. The van der Waals surface area contributed by atoms with E-state index in [0.717, 1.165) is 19.3 Å². The van der Waals surface area contributed by atoms with E-state index in [2.05, 4.69) is 11.1 Å². The molecule has 0 saturated carbocycles. The third-order valence-electron chi connectivity index (χ3n) is 2.80. The first kappa shape index (κ1) is 18.8. The minimum absolute atomic E-state index is 0.455. The summed E-state index contributed by atoms with van der Waals surface area (Å²) >= 11 is 0. The van der Waals surface area contributed by atoms with Gasteiger partial charge in [-0.2, -0.15) is 8.42 Å². The van der Waals surface area contributed by atoms with Crippen LogP contribution in [0.2, 0.25) is 0 Å². The van der Waals surface area contributed by atoms with Gasteiger partial charge in [0.15, 0.2) is 6.29 Å². The van der Waals surface area contributed by atoms with Crippen molar-refractivity contribution in [3.8, 4) is 0 Å². The average Bonchev–Trinajstić information content (AvgIpc) is 2.31. The molecule has 19 heavy (non-hydrogen) atoms. The standard InChI is InChI=1S/C13H28O5S/c1-3-5-6-7-8-9-10-12-17-13(11-4-2)18-19(14,15)16/h13H,3-12H2,1-2H3,(H,14,15,16). The molecule has 0 aliphatic heterocycles. The predicted octanol–water partition coefficient (Wildman–Crippen LogP) is 3.70. The van der Waals surface area contributed by atoms with E-state index in [9.17, 15) is 8.42 Å². The number of hydrogen-bond donors (Lipinski definition) is 1. The molecule has 0 amide bonds. The smallest absolute Gasteiger partial charge is 0.351 e. The molecule has 1 atom stereocenters. The number of ether oxygens (including phenoxy) is 1. The molecule has 0 aromatic rings. The Hall–Kier alpha value is -0.170. The van der Waals surface area contributed by atoms with Crippen molar-refractivity contribution in [3.63, 3.8) is 0 Å². The van der Waals surface area contributed by atoms with Crippen LogP contribution in [0, 0.1) is 0 Å². The van der Waals surface area contributed by atoms with Crippen molar-refractivity contribution in [3.05, 3.63) is 0 Å². The zero-order valence-corrected chi connectivity index (χ0v) is 13.0. The van der Waals surface area contributed by atoms with Gasteiger partial charge in [0.2, 0.25) is 0 Å². The van der Waals surface area contributed by atoms with Crippen molar-refractivity contribution in [1.29, 1.82) is 0 Å². The van der Waals surface area contributed by atoms with Crippen LogP contribution in [0.4, 0.5) is 0 Å². The van der Waals surface area contributed by atoms with E-state index in [1.54, 1.807) is 0 Å². The van der Waals surface area contributed by atoms with E-state index in [1.807, 2.05) is 6.92 Å². The minimum atomic E-state index is -4.43. The number of rotatable bonds is 13. The van der Waals surface area contributed by atoms with E-state index < -0.39 is 16.7 Å². The number of hydrogen-bond acceptors (Lipinski definition) is 4. The summed E-state index contributed by atoms with van der Waals surface area (Å²) < 4.78 is 39.6. The Bertz CT molecular complexity index is 289. The van der Waals surface area contributed by atoms with Crippen LogP contribution in [0.3, 0.4) is 0 Å². The second-order valence-corrected chi connectivity index (χ2v) is 5.78. The monoisotopic (exact) mass is 296 g/mol. The summed E-state index contributed by atoms with van der Waals surface area (Å²) in [6.45, 7) is 4.56. The Labute approximate surface area is 117 Å². The summed E-state index contributed by atoms with van der Waals surface area (Å²) in [5.41, 5.74) is 0. The zero-order valence-electron chi connectivity index (χ0n) is 12.1. The van der Waals surface area contributed by atoms with Gasteiger partial charge < -0.3 is 4.74 Å². The quantitative estimate of drug-likeness (QED) is 0.319. The van der Waals surface area contributed by atoms with Crippen molar-refractivity contribution >= 4 is 10.4 Å². The summed E-state index contributed by atoms with van der Waals surface area (Å²) in [4.78, 5) is 0. The van der Waals surface area contributed by atoms with Crippen molar-refractivity contribution < 1.29 is 21.9 Å². The number of unbranched alkanes of at least 4 members (excludes halogenated alkanes) is 6. The molecule has 5 nitrogen and oxygen atoms in total. The fraction of sp³-hybridized carbons (Fsp3) is 1.00. The molecule has 0 bridgehead atoms. The molecule has 0 rings (SSSR count). The second-order valence-electron chi connectivity index (χ2n) is 4.73. The van der Waals surface area contributed by atoms with E-state index in [1.165, 1.54) is 32.1 Å². The summed E-state index contributed by atoms with van der Waals surface area (Å²) in [7, 11) is -4.43. The molecule has 0 heterocycles. The van der Waals surface area contributed by atoms with Gasteiger partial charge in [-0.25, -0.2) is 4.18 Å². The lowest BCUT2D eigenvalue weighted by Crippen LogP contribution is -2.21. The molecule has 1 N–H and O–H groups in total. The molecule has 0 fully saturated rings. The highest BCUT2D eigenvalue weighted by Gasteiger charge is 2.16. The second kappa shape index (κ2) is 11.6. The van der Waals surface area contributed by atoms with Gasteiger partial charge in [-0.05, 0) is 12.8 Å². The van der Waals surface area contributed by atoms with Crippen LogP contribution in [-0.2, 0) is 19.3 Å². The summed E-state index contributed by atoms with van der Waals surface area (Å²) in [6, 6.07) is 0. The fourth-order valence-corrected chi connectivity index (χ4v) is 2.23. The van der Waals surface area contributed by atoms with Gasteiger partial charge in [-0.1, -0.05) is 58.8 Å². The highest BCUT2D eigenvalue weighted by atomic mass is 32.3. The van der Waals surface area contributed by atoms with E-state index in [-0.39, 0.29) is 0 Å². The highest BCUT2D eigenvalue weighted by Crippen LogP contribution is 2.10. The van der Waals surface area contributed by atoms with Crippen LogP contribution in [0.5, 0.6) is 0 Å². The molecule has 1 unspecified atom stereocenters. The summed E-state index contributed by atoms with van der Waals surface area (Å²) in [5, 5.41) is 0. The minimum Gasteiger partial charge on any atom is -0.351 e. The van der Waals surface area contributed by atoms with Gasteiger partial charge in [-0.3, -0.25) is 4.55 Å². The van der Waals surface area contributed by atoms with Gasteiger partial charge >= 0.3 is 10.4 Å². The van der Waals surface area contributed by atoms with Gasteiger partial charge in [0, 0.05) is 6.61 Å². The third kappa shape index (κ3) is 14.1. The predicted molar refractivity (Wildman–Crippen MR) is 75.3 cm³/mol. The first-order chi connectivity index (χ1) is 8.99. The Morgan fingerprint density at radius 2 is 1.53 bits per heavy atom. The highest BCUT2D eigenvalue weighted by molar-refractivity contribution is 7.80. The van der Waals surface area contributed by atoms with Crippen LogP contribution in [0.15, 0.2) is 0 Å². The normalized spacial score (nSPS) is 13.6. The topological polar surface area (TPSA) is 72.8 Å².